The van der Waals surface area contributed by atoms with Crippen LogP contribution in [-0.4, -0.2) is 0 Å². The van der Waals surface area contributed by atoms with Crippen molar-refractivity contribution in [1.29, 1.82) is 0 Å². The van der Waals surface area contributed by atoms with Crippen molar-refractivity contribution in [3.63, 3.8) is 0 Å². The molecule has 0 atom stereocenters. The van der Waals surface area contributed by atoms with Gasteiger partial charge in [0.05, 0.1) is 10.9 Å². The number of halogens is 2. The zero-order chi connectivity index (χ0) is 20.5. The number of hydrogen-bond donors (Lipinski definition) is 0. The highest BCUT2D eigenvalue weighted by atomic mass is 35.5. The summed E-state index contributed by atoms with van der Waals surface area (Å²) in [5, 5.41) is 0. The molecular formula is C26H30ClFS. The van der Waals surface area contributed by atoms with Crippen LogP contribution >= 0.6 is 0 Å². The lowest BCUT2D eigenvalue weighted by Gasteiger charge is -2.20. The zero-order valence-corrected chi connectivity index (χ0v) is 19.7. The van der Waals surface area contributed by atoms with E-state index in [1.807, 2.05) is 12.1 Å². The highest BCUT2D eigenvalue weighted by molar-refractivity contribution is 7.97. The molecule has 0 aliphatic carbocycles. The Morgan fingerprint density at radius 3 is 1.07 bits per heavy atom. The first-order chi connectivity index (χ1) is 13.1. The summed E-state index contributed by atoms with van der Waals surface area (Å²) in [5.41, 5.74) is 2.90. The number of rotatable bonds is 3. The molecule has 0 radical (unpaired) electrons. The van der Waals surface area contributed by atoms with Gasteiger partial charge < -0.3 is 12.4 Å². The molecule has 29 heavy (non-hydrogen) atoms. The number of benzene rings is 3. The van der Waals surface area contributed by atoms with Crippen molar-refractivity contribution >= 4 is 10.9 Å². The van der Waals surface area contributed by atoms with Crippen LogP contribution in [0.25, 0.3) is 0 Å². The molecule has 0 bridgehead atoms. The molecule has 3 rings (SSSR count). The summed E-state index contributed by atoms with van der Waals surface area (Å²) in [4.78, 5) is 3.64. The van der Waals surface area contributed by atoms with Crippen molar-refractivity contribution in [2.24, 2.45) is 0 Å². The summed E-state index contributed by atoms with van der Waals surface area (Å²) >= 11 is 0. The standard InChI is InChI=1S/C26H30FS.ClH/c1-25(2,3)19-7-13-22(14-8-19)28(24-17-11-21(27)12-18-24)23-15-9-20(10-16-23)26(4,5)6;/h7-18H,1-6H3;1H/q+1;/p-1. The van der Waals surface area contributed by atoms with E-state index in [4.69, 9.17) is 0 Å². The Hall–Kier alpha value is -1.77. The van der Waals surface area contributed by atoms with E-state index in [9.17, 15) is 4.39 Å². The van der Waals surface area contributed by atoms with Gasteiger partial charge in [-0.2, -0.15) is 0 Å². The van der Waals surface area contributed by atoms with Crippen molar-refractivity contribution in [3.05, 3.63) is 89.7 Å². The Kier molecular flexibility index (Phi) is 7.24. The predicted molar refractivity (Wildman–Crippen MR) is 119 cm³/mol. The largest absolute Gasteiger partial charge is 1.00 e. The summed E-state index contributed by atoms with van der Waals surface area (Å²) in [6, 6.07) is 24.7. The molecule has 0 aliphatic heterocycles. The van der Waals surface area contributed by atoms with Crippen molar-refractivity contribution in [1.82, 2.24) is 0 Å². The first kappa shape index (κ1) is 23.5. The van der Waals surface area contributed by atoms with Gasteiger partial charge in [0.2, 0.25) is 0 Å². The summed E-state index contributed by atoms with van der Waals surface area (Å²) < 4.78 is 13.5. The fourth-order valence-electron chi connectivity index (χ4n) is 3.16. The predicted octanol–water partition coefficient (Wildman–Crippen LogP) is 4.52. The third kappa shape index (κ3) is 5.65. The van der Waals surface area contributed by atoms with Crippen LogP contribution in [0.2, 0.25) is 0 Å². The average Bonchev–Trinajstić information content (AvgIpc) is 2.63. The third-order valence-corrected chi connectivity index (χ3v) is 7.19. The lowest BCUT2D eigenvalue weighted by atomic mass is 9.87. The molecular weight excluding hydrogens is 399 g/mol. The minimum atomic E-state index is -0.260. The van der Waals surface area contributed by atoms with E-state index in [0.29, 0.717) is 0 Å². The Morgan fingerprint density at radius 2 is 0.793 bits per heavy atom. The average molecular weight is 429 g/mol. The highest BCUT2D eigenvalue weighted by Crippen LogP contribution is 2.34. The van der Waals surface area contributed by atoms with Gasteiger partial charge in [0.1, 0.15) is 5.82 Å². The quantitative estimate of drug-likeness (QED) is 0.538. The SMILES string of the molecule is CC(C)(C)c1ccc([S+](c2ccc(F)cc2)c2ccc(C(C)(C)C)cc2)cc1.[Cl-]. The molecule has 0 aromatic heterocycles. The molecule has 0 N–H and O–H groups in total. The fourth-order valence-corrected chi connectivity index (χ4v) is 5.20. The van der Waals surface area contributed by atoms with Gasteiger partial charge in [-0.15, -0.1) is 0 Å². The Morgan fingerprint density at radius 1 is 0.517 bits per heavy atom. The summed E-state index contributed by atoms with van der Waals surface area (Å²) in [6.45, 7) is 13.4. The molecule has 0 saturated heterocycles. The number of hydrogen-bond acceptors (Lipinski definition) is 0. The smallest absolute Gasteiger partial charge is 0.166 e. The van der Waals surface area contributed by atoms with Crippen molar-refractivity contribution in [3.8, 4) is 0 Å². The molecule has 154 valence electrons. The van der Waals surface area contributed by atoms with Gasteiger partial charge in [-0.25, -0.2) is 4.39 Å². The monoisotopic (exact) mass is 428 g/mol. The maximum absolute atomic E-state index is 13.5. The lowest BCUT2D eigenvalue weighted by Crippen LogP contribution is -3.00. The van der Waals surface area contributed by atoms with E-state index in [0.717, 1.165) is 4.90 Å². The maximum atomic E-state index is 13.5. The normalized spacial score (nSPS) is 12.0. The molecule has 0 saturated carbocycles. The molecule has 0 aliphatic rings. The van der Waals surface area contributed by atoms with Gasteiger partial charge in [0, 0.05) is 0 Å². The van der Waals surface area contributed by atoms with Gasteiger partial charge in [0.25, 0.3) is 0 Å². The molecule has 3 aromatic carbocycles. The van der Waals surface area contributed by atoms with Crippen LogP contribution in [0.15, 0.2) is 87.5 Å². The Labute approximate surface area is 184 Å². The van der Waals surface area contributed by atoms with Crippen LogP contribution in [0, 0.1) is 5.82 Å². The van der Waals surface area contributed by atoms with Crippen molar-refractivity contribution in [2.75, 3.05) is 0 Å². The van der Waals surface area contributed by atoms with Crippen LogP contribution in [0.1, 0.15) is 52.7 Å². The van der Waals surface area contributed by atoms with Crippen LogP contribution in [0.3, 0.4) is 0 Å². The highest BCUT2D eigenvalue weighted by Gasteiger charge is 2.29. The second kappa shape index (κ2) is 8.93. The molecule has 0 nitrogen and oxygen atoms in total. The fraction of sp³-hybridized carbons (Fsp3) is 0.308. The molecule has 0 fully saturated rings. The minimum absolute atomic E-state index is 0. The first-order valence-electron chi connectivity index (χ1n) is 9.77. The molecule has 0 spiro atoms. The maximum Gasteiger partial charge on any atom is 0.166 e. The van der Waals surface area contributed by atoms with E-state index in [1.54, 1.807) is 12.1 Å². The molecule has 0 heterocycles. The van der Waals surface area contributed by atoms with Gasteiger partial charge in [-0.1, -0.05) is 65.8 Å². The van der Waals surface area contributed by atoms with Crippen LogP contribution in [0.4, 0.5) is 4.39 Å². The van der Waals surface area contributed by atoms with E-state index in [2.05, 4.69) is 90.1 Å². The Bertz CT molecular complexity index is 857. The summed E-state index contributed by atoms with van der Waals surface area (Å²) in [5.74, 6) is -0.196. The van der Waals surface area contributed by atoms with E-state index in [1.165, 1.54) is 20.9 Å². The topological polar surface area (TPSA) is 0 Å². The van der Waals surface area contributed by atoms with Crippen LogP contribution in [-0.2, 0) is 21.7 Å². The van der Waals surface area contributed by atoms with Crippen molar-refractivity contribution in [2.45, 2.75) is 67.1 Å². The van der Waals surface area contributed by atoms with Crippen LogP contribution < -0.4 is 12.4 Å². The van der Waals surface area contributed by atoms with Gasteiger partial charge in [0.15, 0.2) is 14.7 Å². The van der Waals surface area contributed by atoms with Crippen LogP contribution in [0.5, 0.6) is 0 Å². The lowest BCUT2D eigenvalue weighted by molar-refractivity contribution is -0.00000719. The minimum Gasteiger partial charge on any atom is -1.00 e. The molecule has 0 amide bonds. The molecule has 3 aromatic rings. The molecule has 3 heteroatoms. The van der Waals surface area contributed by atoms with Gasteiger partial charge >= 0.3 is 0 Å². The second-order valence-corrected chi connectivity index (χ2v) is 11.3. The third-order valence-electron chi connectivity index (χ3n) is 4.96. The van der Waals surface area contributed by atoms with E-state index < -0.39 is 0 Å². The van der Waals surface area contributed by atoms with Gasteiger partial charge in [-0.05, 0) is 70.5 Å². The Balaban J connectivity index is 0.00000300. The van der Waals surface area contributed by atoms with Gasteiger partial charge in [-0.3, -0.25) is 0 Å². The van der Waals surface area contributed by atoms with Crippen molar-refractivity contribution < 1.29 is 16.8 Å². The summed E-state index contributed by atoms with van der Waals surface area (Å²) in [6.07, 6.45) is 0. The molecule has 0 unspecified atom stereocenters. The zero-order valence-electron chi connectivity index (χ0n) is 18.1. The first-order valence-corrected chi connectivity index (χ1v) is 11.0. The second-order valence-electron chi connectivity index (χ2n) is 9.31. The summed E-state index contributed by atoms with van der Waals surface area (Å²) in [7, 11) is -0.260. The van der Waals surface area contributed by atoms with E-state index in [-0.39, 0.29) is 39.9 Å². The van der Waals surface area contributed by atoms with E-state index >= 15 is 0 Å².